The number of ether oxygens (including phenoxy) is 4. The van der Waals surface area contributed by atoms with E-state index in [1.165, 1.54) is 32.2 Å². The molecule has 1 saturated heterocycles. The zero-order valence-corrected chi connectivity index (χ0v) is 30.6. The number of benzene rings is 2. The van der Waals surface area contributed by atoms with Gasteiger partial charge in [0, 0.05) is 37.2 Å². The predicted molar refractivity (Wildman–Crippen MR) is 184 cm³/mol. The Bertz CT molecular complexity index is 2200. The molecule has 2 aromatic carbocycles. The van der Waals surface area contributed by atoms with Gasteiger partial charge in [0.1, 0.15) is 28.4 Å². The zero-order chi connectivity index (χ0) is 38.6. The number of halogens is 5. The number of anilines is 1. The maximum Gasteiger partial charge on any atom is 0.573 e. The minimum atomic E-state index is -5.32. The van der Waals surface area contributed by atoms with Crippen LogP contribution in [0.15, 0.2) is 29.4 Å². The number of aryl methyl sites for hydroxylation is 1. The summed E-state index contributed by atoms with van der Waals surface area (Å²) in [6, 6.07) is 3.58. The number of piperazine rings is 1. The van der Waals surface area contributed by atoms with Crippen LogP contribution in [0.2, 0.25) is 0 Å². The third-order valence-electron chi connectivity index (χ3n) is 9.07. The van der Waals surface area contributed by atoms with Crippen LogP contribution >= 0.6 is 0 Å². The second kappa shape index (κ2) is 14.0. The van der Waals surface area contributed by atoms with Gasteiger partial charge in [-0.15, -0.1) is 13.2 Å². The van der Waals surface area contributed by atoms with Crippen LogP contribution in [0.4, 0.5) is 32.6 Å². The van der Waals surface area contributed by atoms with Gasteiger partial charge in [0.05, 0.1) is 22.9 Å². The van der Waals surface area contributed by atoms with Gasteiger partial charge in [-0.1, -0.05) is 19.9 Å². The van der Waals surface area contributed by atoms with E-state index in [0.717, 1.165) is 6.07 Å². The molecule has 6 rings (SSSR count). The van der Waals surface area contributed by atoms with E-state index in [1.54, 1.807) is 25.7 Å². The Morgan fingerprint density at radius 2 is 1.75 bits per heavy atom. The Hall–Kier alpha value is -4.58. The Morgan fingerprint density at radius 1 is 1.02 bits per heavy atom. The van der Waals surface area contributed by atoms with Crippen molar-refractivity contribution in [2.75, 3.05) is 37.6 Å². The number of carbonyl (C=O) groups is 1. The Labute approximate surface area is 302 Å². The minimum Gasteiger partial charge on any atom is -0.468 e. The highest BCUT2D eigenvalue weighted by molar-refractivity contribution is 7.91. The largest absolute Gasteiger partial charge is 0.573 e. The van der Waals surface area contributed by atoms with E-state index in [0.29, 0.717) is 12.8 Å². The number of rotatable bonds is 8. The molecule has 12 nitrogen and oxygen atoms in total. The molecule has 4 aromatic rings. The number of hydrogen-bond acceptors (Lipinski definition) is 11. The molecule has 286 valence electrons. The van der Waals surface area contributed by atoms with Crippen LogP contribution in [0.5, 0.6) is 11.5 Å². The summed E-state index contributed by atoms with van der Waals surface area (Å²) < 4.78 is 120. The van der Waals surface area contributed by atoms with E-state index in [-0.39, 0.29) is 65.9 Å². The van der Waals surface area contributed by atoms with Crippen molar-refractivity contribution in [3.05, 3.63) is 41.6 Å². The number of carbonyl (C=O) groups excluding carboxylic acids is 1. The van der Waals surface area contributed by atoms with Gasteiger partial charge in [-0.05, 0) is 63.6 Å². The number of alkyl halides is 3. The van der Waals surface area contributed by atoms with Crippen LogP contribution in [0.3, 0.4) is 0 Å². The molecule has 0 bridgehead atoms. The molecule has 0 aliphatic carbocycles. The highest BCUT2D eigenvalue weighted by atomic mass is 32.2. The van der Waals surface area contributed by atoms with Crippen LogP contribution in [0.25, 0.3) is 32.9 Å². The molecular weight excluding hydrogens is 729 g/mol. The molecule has 1 amide bonds. The molecule has 1 unspecified atom stereocenters. The molecule has 0 N–H and O–H groups in total. The summed E-state index contributed by atoms with van der Waals surface area (Å²) in [5.41, 5.74) is -1.90. The number of aromatic nitrogens is 3. The maximum atomic E-state index is 17.2. The van der Waals surface area contributed by atoms with Gasteiger partial charge in [-0.3, -0.25) is 0 Å². The molecule has 0 spiro atoms. The van der Waals surface area contributed by atoms with Crippen molar-refractivity contribution in [1.29, 1.82) is 0 Å². The lowest BCUT2D eigenvalue weighted by Crippen LogP contribution is -2.60. The summed E-state index contributed by atoms with van der Waals surface area (Å²) in [4.78, 5) is 30.1. The molecule has 0 radical (unpaired) electrons. The summed E-state index contributed by atoms with van der Waals surface area (Å²) >= 11 is 0. The predicted octanol–water partition coefficient (Wildman–Crippen LogP) is 6.95. The van der Waals surface area contributed by atoms with Gasteiger partial charge < -0.3 is 28.7 Å². The summed E-state index contributed by atoms with van der Waals surface area (Å²) in [6.45, 7) is 8.60. The van der Waals surface area contributed by atoms with Crippen LogP contribution < -0.4 is 14.4 Å². The molecule has 53 heavy (non-hydrogen) atoms. The average Bonchev–Trinajstić information content (AvgIpc) is 3.24. The van der Waals surface area contributed by atoms with E-state index < -0.39 is 78.8 Å². The molecule has 4 heterocycles. The van der Waals surface area contributed by atoms with Gasteiger partial charge in [-0.25, -0.2) is 36.9 Å². The lowest BCUT2D eigenvalue weighted by molar-refractivity contribution is -0.275. The van der Waals surface area contributed by atoms with Crippen molar-refractivity contribution in [1.82, 2.24) is 19.9 Å². The smallest absolute Gasteiger partial charge is 0.468 e. The van der Waals surface area contributed by atoms with Gasteiger partial charge in [0.25, 0.3) is 0 Å². The van der Waals surface area contributed by atoms with E-state index in [4.69, 9.17) is 14.2 Å². The van der Waals surface area contributed by atoms with Crippen LogP contribution in [-0.2, 0) is 25.7 Å². The van der Waals surface area contributed by atoms with Crippen molar-refractivity contribution >= 4 is 43.4 Å². The molecule has 2 aliphatic heterocycles. The number of methoxy groups -OCH3 is 1. The second-order valence-electron chi connectivity index (χ2n) is 13.8. The van der Waals surface area contributed by atoms with Crippen molar-refractivity contribution in [2.45, 2.75) is 83.1 Å². The lowest BCUT2D eigenvalue weighted by Gasteiger charge is -2.46. The van der Waals surface area contributed by atoms with E-state index in [1.807, 2.05) is 11.8 Å². The van der Waals surface area contributed by atoms with Crippen LogP contribution in [0.1, 0.15) is 53.2 Å². The van der Waals surface area contributed by atoms with Crippen LogP contribution in [-0.4, -0.2) is 91.2 Å². The molecule has 18 heteroatoms. The first-order valence-electron chi connectivity index (χ1n) is 16.9. The Balaban J connectivity index is 1.62. The van der Waals surface area contributed by atoms with Crippen molar-refractivity contribution in [3.8, 4) is 22.8 Å². The highest BCUT2D eigenvalue weighted by Crippen LogP contribution is 2.45. The molecule has 0 saturated carbocycles. The number of amides is 1. The third-order valence-corrected chi connectivity index (χ3v) is 10.6. The first-order chi connectivity index (χ1) is 24.9. The first-order valence-corrected chi connectivity index (χ1v) is 18.5. The first kappa shape index (κ1) is 38.2. The van der Waals surface area contributed by atoms with Gasteiger partial charge in [-0.2, -0.15) is 0 Å². The topological polar surface area (TPSA) is 133 Å². The summed E-state index contributed by atoms with van der Waals surface area (Å²) in [7, 11) is -2.81. The fraction of sp³-hybridized carbons (Fsp3) is 0.486. The fourth-order valence-corrected chi connectivity index (χ4v) is 7.40. The molecule has 2 atom stereocenters. The van der Waals surface area contributed by atoms with Gasteiger partial charge >= 0.3 is 12.5 Å². The van der Waals surface area contributed by atoms with E-state index >= 15 is 8.78 Å². The Kier molecular flexibility index (Phi) is 10.1. The minimum absolute atomic E-state index is 0.0102. The quantitative estimate of drug-likeness (QED) is 0.105. The zero-order valence-electron chi connectivity index (χ0n) is 29.8. The molecule has 1 fully saturated rings. The normalized spacial score (nSPS) is 17.9. The molecule has 2 aromatic heterocycles. The van der Waals surface area contributed by atoms with E-state index in [9.17, 15) is 26.4 Å². The van der Waals surface area contributed by atoms with Crippen molar-refractivity contribution < 1.29 is 54.1 Å². The number of nitrogens with zero attached hydrogens (tertiary/aromatic N) is 5. The van der Waals surface area contributed by atoms with Gasteiger partial charge in [0.15, 0.2) is 24.2 Å². The number of pyridine rings is 1. The monoisotopic (exact) mass is 767 g/mol. The summed E-state index contributed by atoms with van der Waals surface area (Å²) in [5.74, 6) is -4.09. The highest BCUT2D eigenvalue weighted by Gasteiger charge is 2.42. The average molecular weight is 768 g/mol. The second-order valence-corrected chi connectivity index (χ2v) is 15.9. The van der Waals surface area contributed by atoms with Crippen molar-refractivity contribution in [2.24, 2.45) is 0 Å². The fourth-order valence-electron chi connectivity index (χ4n) is 6.69. The Morgan fingerprint density at radius 3 is 2.40 bits per heavy atom. The maximum absolute atomic E-state index is 17.2. The number of fused-ring (bicyclic) bond motifs is 3. The summed E-state index contributed by atoms with van der Waals surface area (Å²) in [6.07, 6.45) is -4.88. The number of sulfone groups is 1. The van der Waals surface area contributed by atoms with Crippen LogP contribution in [0, 0.1) is 11.6 Å². The van der Waals surface area contributed by atoms with E-state index in [2.05, 4.69) is 19.7 Å². The molecular formula is C35H38F5N5O7S. The van der Waals surface area contributed by atoms with Gasteiger partial charge in [0.2, 0.25) is 15.0 Å². The third kappa shape index (κ3) is 7.47. The molecule has 2 aliphatic rings. The van der Waals surface area contributed by atoms with Crippen molar-refractivity contribution in [3.63, 3.8) is 0 Å². The standard InChI is InChI=1S/C35H38F5N5O7S/c1-7-19-15-44-20(16-45(19)33(46)52-34(3,4)5)10-12-24-26-29(42-32(43-31(26)44)53(47,48)8-2)27(37)28(41-24)22-14-21(50-17-49-6)13-18-9-11-23(36)30(25(18)22)51-35(38,39)40/h9,11,13-14,19-20H,7-8,10,12,15-17H2,1-6H3/t19?,20-/m1/s1. The number of hydrogen-bond donors (Lipinski definition) is 0. The SMILES string of the molecule is CCC1CN2c3nc(S(=O)(=O)CC)nc4c(F)c(-c5cc(OCOC)cc6ccc(F)c(OC(F)(F)F)c56)nc(c34)CC[C@@H]2CN1C(=O)OC(C)(C)C. The summed E-state index contributed by atoms with van der Waals surface area (Å²) in [5, 5.41) is -1.03. The lowest BCUT2D eigenvalue weighted by atomic mass is 9.98.